The highest BCUT2D eigenvalue weighted by Gasteiger charge is 2.09. The molecule has 1 aromatic heterocycles. The molecule has 0 bridgehead atoms. The number of unbranched alkanes of at least 4 members (excludes halogenated alkanes) is 1. The van der Waals surface area contributed by atoms with Crippen molar-refractivity contribution in [3.63, 3.8) is 0 Å². The van der Waals surface area contributed by atoms with Gasteiger partial charge in [-0.05, 0) is 65.6 Å². The van der Waals surface area contributed by atoms with Gasteiger partial charge in [0.25, 0.3) is 0 Å². The van der Waals surface area contributed by atoms with Gasteiger partial charge in [-0.2, -0.15) is 0 Å². The van der Waals surface area contributed by atoms with Gasteiger partial charge in [0.15, 0.2) is 0 Å². The molecule has 0 aliphatic heterocycles. The van der Waals surface area contributed by atoms with Crippen LogP contribution in [0.5, 0.6) is 0 Å². The van der Waals surface area contributed by atoms with Crippen LogP contribution in [0, 0.1) is 13.8 Å². The fourth-order valence-electron chi connectivity index (χ4n) is 2.06. The summed E-state index contributed by atoms with van der Waals surface area (Å²) in [6.07, 6.45) is 2.67. The maximum Gasteiger partial charge on any atom is 0.0518 e. The van der Waals surface area contributed by atoms with Crippen LogP contribution in [0.4, 0.5) is 0 Å². The van der Waals surface area contributed by atoms with Gasteiger partial charge in [0.05, 0.1) is 6.10 Å². The Balaban J connectivity index is 2.17. The van der Waals surface area contributed by atoms with E-state index in [1.807, 2.05) is 11.3 Å². The zero-order valence-electron chi connectivity index (χ0n) is 12.4. The highest BCUT2D eigenvalue weighted by Crippen LogP contribution is 2.25. The van der Waals surface area contributed by atoms with Crippen molar-refractivity contribution in [2.24, 2.45) is 0 Å². The molecule has 18 heavy (non-hydrogen) atoms. The molecule has 2 nitrogen and oxygen atoms in total. The third kappa shape index (κ3) is 5.51. The van der Waals surface area contributed by atoms with Crippen LogP contribution in [0.1, 0.15) is 55.0 Å². The average molecular weight is 269 g/mol. The minimum Gasteiger partial charge on any atom is -0.379 e. The van der Waals surface area contributed by atoms with Gasteiger partial charge in [-0.1, -0.05) is 0 Å². The summed E-state index contributed by atoms with van der Waals surface area (Å²) < 4.78 is 5.53. The second-order valence-corrected chi connectivity index (χ2v) is 6.63. The molecule has 1 aromatic rings. The number of rotatable bonds is 8. The highest BCUT2D eigenvalue weighted by molar-refractivity contribution is 7.12. The molecule has 0 aromatic carbocycles. The normalized spacial score (nSPS) is 13.2. The average Bonchev–Trinajstić information content (AvgIpc) is 2.62. The van der Waals surface area contributed by atoms with Crippen molar-refractivity contribution in [2.45, 2.75) is 59.6 Å². The van der Waals surface area contributed by atoms with Gasteiger partial charge in [-0.3, -0.25) is 0 Å². The molecule has 3 heteroatoms. The van der Waals surface area contributed by atoms with Gasteiger partial charge in [-0.25, -0.2) is 0 Å². The predicted octanol–water partition coefficient (Wildman–Crippen LogP) is 4.22. The Hall–Kier alpha value is -0.380. The van der Waals surface area contributed by atoms with Crippen LogP contribution in [-0.4, -0.2) is 19.3 Å². The second kappa shape index (κ2) is 7.93. The topological polar surface area (TPSA) is 21.3 Å². The lowest BCUT2D eigenvalue weighted by Gasteiger charge is -2.14. The number of ether oxygens (including phenoxy) is 1. The van der Waals surface area contributed by atoms with E-state index in [1.165, 1.54) is 21.7 Å². The highest BCUT2D eigenvalue weighted by atomic mass is 32.1. The summed E-state index contributed by atoms with van der Waals surface area (Å²) in [7, 11) is 0. The molecule has 1 heterocycles. The second-order valence-electron chi connectivity index (χ2n) is 5.17. The predicted molar refractivity (Wildman–Crippen MR) is 80.5 cm³/mol. The van der Waals surface area contributed by atoms with Gasteiger partial charge in [0, 0.05) is 22.4 Å². The first-order chi connectivity index (χ1) is 8.50. The number of aryl methyl sites for hydroxylation is 2. The SMILES string of the molecule is Cc1cc(C(C)NCCCCOC(C)C)c(C)s1. The standard InChI is InChI=1S/C15H27NOS/c1-11(2)17-9-7-6-8-16-13(4)15-10-12(3)18-14(15)5/h10-11,13,16H,6-9H2,1-5H3. The van der Waals surface area contributed by atoms with E-state index in [-0.39, 0.29) is 0 Å². The number of hydrogen-bond donors (Lipinski definition) is 1. The van der Waals surface area contributed by atoms with E-state index in [2.05, 4.69) is 46.0 Å². The molecule has 0 fully saturated rings. The zero-order valence-corrected chi connectivity index (χ0v) is 13.2. The van der Waals surface area contributed by atoms with E-state index >= 15 is 0 Å². The molecule has 0 spiro atoms. The van der Waals surface area contributed by atoms with Crippen molar-refractivity contribution < 1.29 is 4.74 Å². The van der Waals surface area contributed by atoms with Crippen LogP contribution in [0.2, 0.25) is 0 Å². The summed E-state index contributed by atoms with van der Waals surface area (Å²) in [5.41, 5.74) is 1.45. The lowest BCUT2D eigenvalue weighted by molar-refractivity contribution is 0.0759. The lowest BCUT2D eigenvalue weighted by Crippen LogP contribution is -2.20. The fraction of sp³-hybridized carbons (Fsp3) is 0.733. The Morgan fingerprint density at radius 3 is 2.50 bits per heavy atom. The molecule has 1 N–H and O–H groups in total. The number of nitrogens with one attached hydrogen (secondary N) is 1. The Bertz CT molecular complexity index is 346. The Morgan fingerprint density at radius 1 is 1.22 bits per heavy atom. The minimum atomic E-state index is 0.355. The molecular formula is C15H27NOS. The number of hydrogen-bond acceptors (Lipinski definition) is 3. The van der Waals surface area contributed by atoms with Crippen LogP contribution in [-0.2, 0) is 4.74 Å². The first kappa shape index (κ1) is 15.7. The van der Waals surface area contributed by atoms with Crippen LogP contribution >= 0.6 is 11.3 Å². The molecule has 1 atom stereocenters. The van der Waals surface area contributed by atoms with Crippen molar-refractivity contribution in [3.8, 4) is 0 Å². The van der Waals surface area contributed by atoms with Gasteiger partial charge >= 0.3 is 0 Å². The maximum absolute atomic E-state index is 5.53. The number of thiophene rings is 1. The monoisotopic (exact) mass is 269 g/mol. The van der Waals surface area contributed by atoms with Crippen molar-refractivity contribution in [3.05, 3.63) is 21.4 Å². The quantitative estimate of drug-likeness (QED) is 0.713. The summed E-state index contributed by atoms with van der Waals surface area (Å²) in [5, 5.41) is 3.59. The molecule has 1 unspecified atom stereocenters. The van der Waals surface area contributed by atoms with Crippen molar-refractivity contribution >= 4 is 11.3 Å². The third-order valence-electron chi connectivity index (χ3n) is 3.02. The third-order valence-corrected chi connectivity index (χ3v) is 4.00. The smallest absolute Gasteiger partial charge is 0.0518 e. The van der Waals surface area contributed by atoms with Gasteiger partial charge in [-0.15, -0.1) is 11.3 Å². The fourth-order valence-corrected chi connectivity index (χ4v) is 3.08. The van der Waals surface area contributed by atoms with Crippen molar-refractivity contribution in [1.82, 2.24) is 5.32 Å². The summed E-state index contributed by atoms with van der Waals surface area (Å²) in [4.78, 5) is 2.84. The van der Waals surface area contributed by atoms with Crippen molar-refractivity contribution in [2.75, 3.05) is 13.2 Å². The lowest BCUT2D eigenvalue weighted by atomic mass is 10.1. The van der Waals surface area contributed by atoms with E-state index in [0.717, 1.165) is 19.6 Å². The molecule has 0 saturated heterocycles. The summed E-state index contributed by atoms with van der Waals surface area (Å²) in [6, 6.07) is 2.76. The van der Waals surface area contributed by atoms with E-state index in [0.29, 0.717) is 12.1 Å². The van der Waals surface area contributed by atoms with Crippen molar-refractivity contribution in [1.29, 1.82) is 0 Å². The molecule has 0 aliphatic carbocycles. The molecule has 0 aliphatic rings. The van der Waals surface area contributed by atoms with E-state index in [4.69, 9.17) is 4.74 Å². The molecule has 0 amide bonds. The first-order valence-corrected chi connectivity index (χ1v) is 7.74. The van der Waals surface area contributed by atoms with Gasteiger partial charge in [0.2, 0.25) is 0 Å². The van der Waals surface area contributed by atoms with Crippen LogP contribution in [0.15, 0.2) is 6.07 Å². The molecule has 104 valence electrons. The Kier molecular flexibility index (Phi) is 6.90. The van der Waals surface area contributed by atoms with Gasteiger partial charge < -0.3 is 10.1 Å². The van der Waals surface area contributed by atoms with E-state index in [9.17, 15) is 0 Å². The Morgan fingerprint density at radius 2 is 1.94 bits per heavy atom. The largest absolute Gasteiger partial charge is 0.379 e. The first-order valence-electron chi connectivity index (χ1n) is 6.92. The summed E-state index contributed by atoms with van der Waals surface area (Å²) >= 11 is 1.89. The molecule has 0 radical (unpaired) electrons. The molecular weight excluding hydrogens is 242 g/mol. The summed E-state index contributed by atoms with van der Waals surface area (Å²) in [6.45, 7) is 12.8. The van der Waals surface area contributed by atoms with E-state index < -0.39 is 0 Å². The van der Waals surface area contributed by atoms with Crippen LogP contribution in [0.25, 0.3) is 0 Å². The molecule has 1 rings (SSSR count). The maximum atomic E-state index is 5.53. The van der Waals surface area contributed by atoms with Crippen LogP contribution < -0.4 is 5.32 Å². The Labute approximate surface area is 116 Å². The minimum absolute atomic E-state index is 0.355. The van der Waals surface area contributed by atoms with Gasteiger partial charge in [0.1, 0.15) is 0 Å². The zero-order chi connectivity index (χ0) is 13.5. The van der Waals surface area contributed by atoms with Crippen LogP contribution in [0.3, 0.4) is 0 Å². The molecule has 0 saturated carbocycles. The summed E-state index contributed by atoms with van der Waals surface area (Å²) in [5.74, 6) is 0. The van der Waals surface area contributed by atoms with E-state index in [1.54, 1.807) is 0 Å².